The fourth-order valence-electron chi connectivity index (χ4n) is 3.13. The van der Waals surface area contributed by atoms with Crippen LogP contribution in [-0.2, 0) is 29.6 Å². The predicted molar refractivity (Wildman–Crippen MR) is 104 cm³/mol. The number of amides is 2. The van der Waals surface area contributed by atoms with Gasteiger partial charge in [0.2, 0.25) is 11.8 Å². The van der Waals surface area contributed by atoms with Gasteiger partial charge in [-0.25, -0.2) is 0 Å². The second-order valence-corrected chi connectivity index (χ2v) is 7.97. The zero-order valence-corrected chi connectivity index (χ0v) is 16.4. The average molecular weight is 374 g/mol. The Balaban J connectivity index is 1.65. The molecule has 2 amide bonds. The molecule has 1 aliphatic rings. The Kier molecular flexibility index (Phi) is 6.14. The number of hydrogen-bond donors (Lipinski definition) is 0. The van der Waals surface area contributed by atoms with Crippen LogP contribution in [0.2, 0.25) is 0 Å². The maximum absolute atomic E-state index is 13.0. The summed E-state index contributed by atoms with van der Waals surface area (Å²) >= 11 is 1.59. The minimum atomic E-state index is 0.0391. The molecule has 2 aromatic heterocycles. The first-order chi connectivity index (χ1) is 12.6. The number of nitrogens with zero attached hydrogens (tertiary/aromatic N) is 3. The Morgan fingerprint density at radius 2 is 2.04 bits per heavy atom. The van der Waals surface area contributed by atoms with Crippen molar-refractivity contribution in [2.75, 3.05) is 13.1 Å². The smallest absolute Gasteiger partial charge is 0.242 e. The topological polar surface area (TPSA) is 45.6 Å². The van der Waals surface area contributed by atoms with E-state index in [4.69, 9.17) is 0 Å². The van der Waals surface area contributed by atoms with Gasteiger partial charge in [0.1, 0.15) is 0 Å². The van der Waals surface area contributed by atoms with Gasteiger partial charge in [-0.15, -0.1) is 11.3 Å². The molecule has 0 bridgehead atoms. The van der Waals surface area contributed by atoms with E-state index in [0.29, 0.717) is 25.6 Å². The Hall–Kier alpha value is -2.08. The third kappa shape index (κ3) is 4.75. The van der Waals surface area contributed by atoms with E-state index in [9.17, 15) is 9.59 Å². The van der Waals surface area contributed by atoms with Gasteiger partial charge < -0.3 is 14.4 Å². The van der Waals surface area contributed by atoms with Gasteiger partial charge >= 0.3 is 0 Å². The van der Waals surface area contributed by atoms with Gasteiger partial charge in [-0.3, -0.25) is 9.59 Å². The Bertz CT molecular complexity index is 734. The van der Waals surface area contributed by atoms with E-state index < -0.39 is 0 Å². The van der Waals surface area contributed by atoms with Crippen molar-refractivity contribution in [1.82, 2.24) is 14.4 Å². The Morgan fingerprint density at radius 1 is 1.23 bits per heavy atom. The highest BCUT2D eigenvalue weighted by molar-refractivity contribution is 7.10. The van der Waals surface area contributed by atoms with Gasteiger partial charge in [0.25, 0.3) is 0 Å². The van der Waals surface area contributed by atoms with Crippen molar-refractivity contribution < 1.29 is 9.59 Å². The summed E-state index contributed by atoms with van der Waals surface area (Å²) in [5.74, 6) is 0.0962. The lowest BCUT2D eigenvalue weighted by molar-refractivity contribution is -0.141. The van der Waals surface area contributed by atoms with E-state index in [1.165, 1.54) is 0 Å². The van der Waals surface area contributed by atoms with Crippen LogP contribution in [0.5, 0.6) is 0 Å². The largest absolute Gasteiger partial charge is 0.353 e. The number of rotatable bonds is 9. The first kappa shape index (κ1) is 18.7. The molecule has 140 valence electrons. The summed E-state index contributed by atoms with van der Waals surface area (Å²) < 4.78 is 2.05. The van der Waals surface area contributed by atoms with E-state index in [0.717, 1.165) is 29.8 Å². The summed E-state index contributed by atoms with van der Waals surface area (Å²) in [5, 5.41) is 1.98. The molecule has 0 unspecified atom stereocenters. The van der Waals surface area contributed by atoms with E-state index in [-0.39, 0.29) is 18.4 Å². The lowest BCUT2D eigenvalue weighted by atomic mass is 10.2. The molecule has 0 atom stereocenters. The van der Waals surface area contributed by atoms with Crippen molar-refractivity contribution in [2.45, 2.75) is 45.2 Å². The highest BCUT2D eigenvalue weighted by Crippen LogP contribution is 2.28. The Labute approximate surface area is 159 Å². The van der Waals surface area contributed by atoms with Crippen LogP contribution in [-0.4, -0.2) is 45.3 Å². The molecule has 0 aliphatic heterocycles. The maximum atomic E-state index is 13.0. The molecule has 2 aromatic rings. The molecular formula is C20H27N3O2S. The van der Waals surface area contributed by atoms with Crippen molar-refractivity contribution >= 4 is 23.2 Å². The first-order valence-corrected chi connectivity index (χ1v) is 10.2. The van der Waals surface area contributed by atoms with Crippen molar-refractivity contribution in [1.29, 1.82) is 0 Å². The molecule has 1 fully saturated rings. The van der Waals surface area contributed by atoms with Gasteiger partial charge in [-0.05, 0) is 42.8 Å². The van der Waals surface area contributed by atoms with Gasteiger partial charge in [-0.2, -0.15) is 0 Å². The minimum absolute atomic E-state index is 0.0391. The number of carbonyl (C=O) groups is 2. The van der Waals surface area contributed by atoms with Crippen molar-refractivity contribution in [3.8, 4) is 0 Å². The lowest BCUT2D eigenvalue weighted by Gasteiger charge is -2.28. The molecule has 5 nitrogen and oxygen atoms in total. The summed E-state index contributed by atoms with van der Waals surface area (Å²) in [7, 11) is 2.00. The monoisotopic (exact) mass is 373 g/mol. The molecule has 0 radical (unpaired) electrons. The molecule has 26 heavy (non-hydrogen) atoms. The van der Waals surface area contributed by atoms with Crippen LogP contribution in [0.4, 0.5) is 0 Å². The second-order valence-electron chi connectivity index (χ2n) is 6.93. The molecule has 2 heterocycles. The van der Waals surface area contributed by atoms with E-state index in [1.807, 2.05) is 48.6 Å². The minimum Gasteiger partial charge on any atom is -0.353 e. The Morgan fingerprint density at radius 3 is 2.62 bits per heavy atom. The van der Waals surface area contributed by atoms with Crippen LogP contribution < -0.4 is 0 Å². The van der Waals surface area contributed by atoms with Crippen LogP contribution in [0.1, 0.15) is 36.8 Å². The molecule has 1 saturated carbocycles. The molecule has 3 rings (SSSR count). The first-order valence-electron chi connectivity index (χ1n) is 9.28. The maximum Gasteiger partial charge on any atom is 0.242 e. The van der Waals surface area contributed by atoms with Crippen LogP contribution >= 0.6 is 11.3 Å². The predicted octanol–water partition coefficient (Wildman–Crippen LogP) is 3.06. The lowest BCUT2D eigenvalue weighted by Crippen LogP contribution is -2.44. The summed E-state index contributed by atoms with van der Waals surface area (Å²) in [6.07, 6.45) is 5.36. The van der Waals surface area contributed by atoms with E-state index in [2.05, 4.69) is 10.6 Å². The average Bonchev–Trinajstić information content (AvgIpc) is 3.17. The van der Waals surface area contributed by atoms with Gasteiger partial charge in [0.15, 0.2) is 0 Å². The van der Waals surface area contributed by atoms with Crippen LogP contribution in [0.25, 0.3) is 0 Å². The molecule has 0 spiro atoms. The normalized spacial score (nSPS) is 13.6. The SMILES string of the molecule is CCCN(CC(=O)N(Cc1cccn1C)C1CC1)C(=O)Cc1cccs1. The fraction of sp³-hybridized carbons (Fsp3) is 0.500. The third-order valence-electron chi connectivity index (χ3n) is 4.77. The van der Waals surface area contributed by atoms with Gasteiger partial charge in [0.05, 0.1) is 19.5 Å². The van der Waals surface area contributed by atoms with Crippen LogP contribution in [0.3, 0.4) is 0 Å². The van der Waals surface area contributed by atoms with Crippen molar-refractivity contribution in [3.63, 3.8) is 0 Å². The number of aromatic nitrogens is 1. The molecule has 0 N–H and O–H groups in total. The molecule has 6 heteroatoms. The molecule has 0 saturated heterocycles. The van der Waals surface area contributed by atoms with Crippen molar-refractivity contribution in [2.24, 2.45) is 7.05 Å². The standard InChI is InChI=1S/C20H27N3O2S/c1-3-10-22(19(24)13-18-7-5-12-26-18)15-20(25)23(16-8-9-16)14-17-6-4-11-21(17)2/h4-7,11-12,16H,3,8-10,13-15H2,1-2H3. The molecule has 1 aliphatic carbocycles. The number of aryl methyl sites for hydroxylation is 1. The summed E-state index contributed by atoms with van der Waals surface area (Å²) in [5.41, 5.74) is 1.12. The zero-order valence-electron chi connectivity index (χ0n) is 15.6. The number of thiophene rings is 1. The van der Waals surface area contributed by atoms with E-state index in [1.54, 1.807) is 16.2 Å². The van der Waals surface area contributed by atoms with E-state index >= 15 is 0 Å². The molecular weight excluding hydrogens is 346 g/mol. The third-order valence-corrected chi connectivity index (χ3v) is 5.65. The van der Waals surface area contributed by atoms with Crippen LogP contribution in [0.15, 0.2) is 35.8 Å². The highest BCUT2D eigenvalue weighted by Gasteiger charge is 2.34. The molecule has 0 aromatic carbocycles. The van der Waals surface area contributed by atoms with Crippen LogP contribution in [0, 0.1) is 0 Å². The fourth-order valence-corrected chi connectivity index (χ4v) is 3.83. The summed E-state index contributed by atoms with van der Waals surface area (Å²) in [4.78, 5) is 30.4. The zero-order chi connectivity index (χ0) is 18.5. The quantitative estimate of drug-likeness (QED) is 0.678. The summed E-state index contributed by atoms with van der Waals surface area (Å²) in [6.45, 7) is 3.46. The second kappa shape index (κ2) is 8.54. The van der Waals surface area contributed by atoms with Crippen molar-refractivity contribution in [3.05, 3.63) is 46.4 Å². The highest BCUT2D eigenvalue weighted by atomic mass is 32.1. The number of hydrogen-bond acceptors (Lipinski definition) is 3. The van der Waals surface area contributed by atoms with Gasteiger partial charge in [-0.1, -0.05) is 13.0 Å². The number of carbonyl (C=O) groups excluding carboxylic acids is 2. The summed E-state index contributed by atoms with van der Waals surface area (Å²) in [6, 6.07) is 8.30. The van der Waals surface area contributed by atoms with Gasteiger partial charge in [0, 0.05) is 36.4 Å².